The topological polar surface area (TPSA) is 31.9 Å². The molecule has 14 heavy (non-hydrogen) atoms. The molecule has 0 aliphatic carbocycles. The summed E-state index contributed by atoms with van der Waals surface area (Å²) in [5.41, 5.74) is 3.48. The molecule has 2 aromatic rings. The Morgan fingerprint density at radius 3 is 2.86 bits per heavy atom. The summed E-state index contributed by atoms with van der Waals surface area (Å²) in [7, 11) is 4.14. The molecule has 0 radical (unpaired) electrons. The lowest BCUT2D eigenvalue weighted by Crippen LogP contribution is -2.10. The lowest BCUT2D eigenvalue weighted by molar-refractivity contribution is 0.402. The van der Waals surface area contributed by atoms with Crippen molar-refractivity contribution in [2.24, 2.45) is 0 Å². The van der Waals surface area contributed by atoms with Gasteiger partial charge in [0.05, 0.1) is 11.0 Å². The summed E-state index contributed by atoms with van der Waals surface area (Å²) in [6, 6.07) is 6.36. The van der Waals surface area contributed by atoms with Crippen LogP contribution in [-0.4, -0.2) is 29.0 Å². The van der Waals surface area contributed by atoms with Crippen LogP contribution in [-0.2, 0) is 6.54 Å². The average Bonchev–Trinajstić information content (AvgIpc) is 2.42. The Kier molecular flexibility index (Phi) is 2.25. The van der Waals surface area contributed by atoms with E-state index in [-0.39, 0.29) is 0 Å². The molecule has 74 valence electrons. The molecule has 0 spiro atoms. The molecule has 0 saturated heterocycles. The van der Waals surface area contributed by atoms with Gasteiger partial charge in [0.2, 0.25) is 0 Å². The summed E-state index contributed by atoms with van der Waals surface area (Å²) in [6.07, 6.45) is 0. The molecule has 0 saturated carbocycles. The smallest absolute Gasteiger partial charge is 0.104 e. The lowest BCUT2D eigenvalue weighted by atomic mass is 10.2. The first-order chi connectivity index (χ1) is 6.65. The second-order valence-electron chi connectivity index (χ2n) is 3.91. The van der Waals surface area contributed by atoms with Gasteiger partial charge in [-0.15, -0.1) is 0 Å². The van der Waals surface area contributed by atoms with E-state index in [2.05, 4.69) is 47.2 Å². The van der Waals surface area contributed by atoms with Crippen LogP contribution >= 0.6 is 0 Å². The molecule has 3 nitrogen and oxygen atoms in total. The average molecular weight is 189 g/mol. The highest BCUT2D eigenvalue weighted by Gasteiger charge is 2.01. The second-order valence-corrected chi connectivity index (χ2v) is 3.91. The Morgan fingerprint density at radius 2 is 2.14 bits per heavy atom. The van der Waals surface area contributed by atoms with E-state index in [0.717, 1.165) is 23.4 Å². The zero-order valence-corrected chi connectivity index (χ0v) is 8.83. The Labute approximate surface area is 83.8 Å². The Balaban J connectivity index is 2.40. The Hall–Kier alpha value is -1.35. The number of imidazole rings is 1. The van der Waals surface area contributed by atoms with Crippen LogP contribution in [0.3, 0.4) is 0 Å². The maximum Gasteiger partial charge on any atom is 0.104 e. The second kappa shape index (κ2) is 3.42. The number of nitrogens with zero attached hydrogens (tertiary/aromatic N) is 2. The number of benzene rings is 1. The molecule has 0 fully saturated rings. The SMILES string of the molecule is Cc1nc2ccc(CN(C)C)cc2[nH]1. The molecule has 1 aromatic carbocycles. The zero-order valence-electron chi connectivity index (χ0n) is 8.83. The fraction of sp³-hybridized carbons (Fsp3) is 0.364. The van der Waals surface area contributed by atoms with Crippen molar-refractivity contribution in [3.8, 4) is 0 Å². The number of hydrogen-bond acceptors (Lipinski definition) is 2. The molecule has 0 aliphatic rings. The van der Waals surface area contributed by atoms with Gasteiger partial charge in [-0.2, -0.15) is 0 Å². The molecule has 0 amide bonds. The molecule has 2 rings (SSSR count). The third kappa shape index (κ3) is 1.77. The van der Waals surface area contributed by atoms with Gasteiger partial charge in [-0.3, -0.25) is 0 Å². The van der Waals surface area contributed by atoms with Crippen LogP contribution in [0.25, 0.3) is 11.0 Å². The lowest BCUT2D eigenvalue weighted by Gasteiger charge is -2.08. The van der Waals surface area contributed by atoms with Crippen LogP contribution in [0.1, 0.15) is 11.4 Å². The van der Waals surface area contributed by atoms with Gasteiger partial charge < -0.3 is 9.88 Å². The van der Waals surface area contributed by atoms with Gasteiger partial charge in [0.15, 0.2) is 0 Å². The van der Waals surface area contributed by atoms with E-state index in [9.17, 15) is 0 Å². The van der Waals surface area contributed by atoms with E-state index in [4.69, 9.17) is 0 Å². The maximum absolute atomic E-state index is 4.36. The molecule has 1 heterocycles. The summed E-state index contributed by atoms with van der Waals surface area (Å²) in [5.74, 6) is 0.974. The zero-order chi connectivity index (χ0) is 10.1. The standard InChI is InChI=1S/C11H15N3/c1-8-12-10-5-4-9(7-14(2)3)6-11(10)13-8/h4-6H,7H2,1-3H3,(H,12,13). The van der Waals surface area contributed by atoms with Gasteiger partial charge in [0.1, 0.15) is 5.82 Å². The van der Waals surface area contributed by atoms with E-state index >= 15 is 0 Å². The van der Waals surface area contributed by atoms with Gasteiger partial charge >= 0.3 is 0 Å². The van der Waals surface area contributed by atoms with Crippen LogP contribution in [0, 0.1) is 6.92 Å². The minimum Gasteiger partial charge on any atom is -0.342 e. The number of fused-ring (bicyclic) bond motifs is 1. The number of rotatable bonds is 2. The van der Waals surface area contributed by atoms with Crippen LogP contribution < -0.4 is 0 Å². The molecule has 0 bridgehead atoms. The van der Waals surface area contributed by atoms with Crippen LogP contribution in [0.15, 0.2) is 18.2 Å². The van der Waals surface area contributed by atoms with Gasteiger partial charge in [-0.25, -0.2) is 4.98 Å². The molecule has 1 N–H and O–H groups in total. The molecular formula is C11H15N3. The number of nitrogens with one attached hydrogen (secondary N) is 1. The molecule has 0 atom stereocenters. The first-order valence-electron chi connectivity index (χ1n) is 4.75. The summed E-state index contributed by atoms with van der Waals surface area (Å²) in [5, 5.41) is 0. The van der Waals surface area contributed by atoms with E-state index in [0.29, 0.717) is 0 Å². The third-order valence-electron chi connectivity index (χ3n) is 2.16. The number of aromatic nitrogens is 2. The summed E-state index contributed by atoms with van der Waals surface area (Å²) < 4.78 is 0. The molecule has 0 aliphatic heterocycles. The van der Waals surface area contributed by atoms with Crippen molar-refractivity contribution in [2.45, 2.75) is 13.5 Å². The number of hydrogen-bond donors (Lipinski definition) is 1. The fourth-order valence-corrected chi connectivity index (χ4v) is 1.65. The predicted octanol–water partition coefficient (Wildman–Crippen LogP) is 1.93. The summed E-state index contributed by atoms with van der Waals surface area (Å²) in [6.45, 7) is 2.94. The first-order valence-corrected chi connectivity index (χ1v) is 4.75. The number of H-pyrrole nitrogens is 1. The van der Waals surface area contributed by atoms with Crippen LogP contribution in [0.2, 0.25) is 0 Å². The highest BCUT2D eigenvalue weighted by molar-refractivity contribution is 5.75. The van der Waals surface area contributed by atoms with Gasteiger partial charge in [0, 0.05) is 6.54 Å². The van der Waals surface area contributed by atoms with Crippen molar-refractivity contribution < 1.29 is 0 Å². The van der Waals surface area contributed by atoms with Crippen molar-refractivity contribution in [2.75, 3.05) is 14.1 Å². The molecule has 3 heteroatoms. The number of aromatic amines is 1. The van der Waals surface area contributed by atoms with Crippen molar-refractivity contribution in [3.63, 3.8) is 0 Å². The summed E-state index contributed by atoms with van der Waals surface area (Å²) in [4.78, 5) is 9.76. The van der Waals surface area contributed by atoms with Crippen LogP contribution in [0.5, 0.6) is 0 Å². The van der Waals surface area contributed by atoms with Gasteiger partial charge in [-0.1, -0.05) is 6.07 Å². The fourth-order valence-electron chi connectivity index (χ4n) is 1.65. The van der Waals surface area contributed by atoms with Gasteiger partial charge in [-0.05, 0) is 38.7 Å². The Morgan fingerprint density at radius 1 is 1.36 bits per heavy atom. The number of aryl methyl sites for hydroxylation is 1. The normalized spacial score (nSPS) is 11.4. The third-order valence-corrected chi connectivity index (χ3v) is 2.16. The Bertz CT molecular complexity index is 443. The van der Waals surface area contributed by atoms with E-state index in [1.807, 2.05) is 6.92 Å². The van der Waals surface area contributed by atoms with Gasteiger partial charge in [0.25, 0.3) is 0 Å². The van der Waals surface area contributed by atoms with Crippen molar-refractivity contribution in [1.29, 1.82) is 0 Å². The highest BCUT2D eigenvalue weighted by atomic mass is 15.0. The summed E-state index contributed by atoms with van der Waals surface area (Å²) >= 11 is 0. The van der Waals surface area contributed by atoms with Crippen LogP contribution in [0.4, 0.5) is 0 Å². The molecule has 1 aromatic heterocycles. The molecule has 0 unspecified atom stereocenters. The largest absolute Gasteiger partial charge is 0.342 e. The predicted molar refractivity (Wildman–Crippen MR) is 58.2 cm³/mol. The quantitative estimate of drug-likeness (QED) is 0.782. The minimum absolute atomic E-state index is 0.966. The van der Waals surface area contributed by atoms with Crippen molar-refractivity contribution >= 4 is 11.0 Å². The highest BCUT2D eigenvalue weighted by Crippen LogP contribution is 2.14. The van der Waals surface area contributed by atoms with Crippen molar-refractivity contribution in [3.05, 3.63) is 29.6 Å². The van der Waals surface area contributed by atoms with E-state index < -0.39 is 0 Å². The van der Waals surface area contributed by atoms with E-state index in [1.165, 1.54) is 5.56 Å². The van der Waals surface area contributed by atoms with Crippen molar-refractivity contribution in [1.82, 2.24) is 14.9 Å². The maximum atomic E-state index is 4.36. The first kappa shape index (κ1) is 9.21. The van der Waals surface area contributed by atoms with E-state index in [1.54, 1.807) is 0 Å². The molecular weight excluding hydrogens is 174 g/mol. The minimum atomic E-state index is 0.966. The monoisotopic (exact) mass is 189 g/mol.